The Morgan fingerprint density at radius 2 is 2.23 bits per heavy atom. The van der Waals surface area contributed by atoms with Crippen molar-refractivity contribution in [1.29, 1.82) is 0 Å². The van der Waals surface area contributed by atoms with Gasteiger partial charge in [0.15, 0.2) is 0 Å². The van der Waals surface area contributed by atoms with E-state index in [0.29, 0.717) is 16.7 Å². The number of amides is 1. The van der Waals surface area contributed by atoms with Gasteiger partial charge < -0.3 is 9.73 Å². The predicted molar refractivity (Wildman–Crippen MR) is 83.4 cm³/mol. The lowest BCUT2D eigenvalue weighted by Crippen LogP contribution is -2.14. The van der Waals surface area contributed by atoms with Crippen LogP contribution in [-0.4, -0.2) is 21.6 Å². The summed E-state index contributed by atoms with van der Waals surface area (Å²) in [4.78, 5) is 26.1. The van der Waals surface area contributed by atoms with E-state index in [2.05, 4.69) is 10.3 Å². The van der Waals surface area contributed by atoms with Crippen molar-refractivity contribution in [3.8, 4) is 0 Å². The van der Waals surface area contributed by atoms with Gasteiger partial charge in [0.1, 0.15) is 5.76 Å². The smallest absolute Gasteiger partial charge is 0.271 e. The van der Waals surface area contributed by atoms with E-state index in [1.54, 1.807) is 6.92 Å². The van der Waals surface area contributed by atoms with Crippen molar-refractivity contribution in [3.63, 3.8) is 0 Å². The quantitative estimate of drug-likeness (QED) is 0.507. The van der Waals surface area contributed by atoms with Crippen LogP contribution in [0, 0.1) is 24.0 Å². The van der Waals surface area contributed by atoms with Gasteiger partial charge in [0, 0.05) is 12.1 Å². The van der Waals surface area contributed by atoms with Gasteiger partial charge >= 0.3 is 0 Å². The zero-order chi connectivity index (χ0) is 16.3. The average Bonchev–Trinajstić information content (AvgIpc) is 2.77. The second-order valence-corrected chi connectivity index (χ2v) is 5.71. The number of carbonyl (C=O) groups excluding carboxylic acids is 1. The van der Waals surface area contributed by atoms with Gasteiger partial charge in [-0.15, -0.1) is 0 Å². The number of carbonyl (C=O) groups is 1. The van der Waals surface area contributed by atoms with Gasteiger partial charge in [-0.05, 0) is 19.9 Å². The number of anilines is 1. The minimum absolute atomic E-state index is 0.0900. The third-order valence-corrected chi connectivity index (χ3v) is 3.91. The van der Waals surface area contributed by atoms with Gasteiger partial charge in [0.25, 0.3) is 10.9 Å². The first-order valence-corrected chi connectivity index (χ1v) is 7.54. The fourth-order valence-corrected chi connectivity index (χ4v) is 2.47. The molecule has 1 N–H and O–H groups in total. The monoisotopic (exact) mass is 341 g/mol. The standard InChI is InChI=1S/C13H12ClN3O4S/c1-7-8(2)21-13(15-7)22-6-12(18)16-11-4-3-9(17(19)20)5-10(11)14/h3-5H,6H2,1-2H3,(H,16,18). The number of nitro groups is 1. The highest BCUT2D eigenvalue weighted by Crippen LogP contribution is 2.27. The van der Waals surface area contributed by atoms with E-state index in [0.717, 1.165) is 17.5 Å². The number of nitrogens with one attached hydrogen (secondary N) is 1. The summed E-state index contributed by atoms with van der Waals surface area (Å²) in [7, 11) is 0. The Labute approximate surface area is 135 Å². The minimum atomic E-state index is -0.555. The van der Waals surface area contributed by atoms with Gasteiger partial charge in [0.2, 0.25) is 5.91 Å². The minimum Gasteiger partial charge on any atom is -0.437 e. The van der Waals surface area contributed by atoms with Crippen molar-refractivity contribution in [2.75, 3.05) is 11.1 Å². The lowest BCUT2D eigenvalue weighted by molar-refractivity contribution is -0.384. The van der Waals surface area contributed by atoms with Crippen molar-refractivity contribution in [3.05, 3.63) is 44.8 Å². The molecular weight excluding hydrogens is 330 g/mol. The molecule has 0 aliphatic heterocycles. The molecular formula is C13H12ClN3O4S. The number of benzene rings is 1. The molecule has 0 spiro atoms. The molecule has 0 unspecified atom stereocenters. The van der Waals surface area contributed by atoms with E-state index in [4.69, 9.17) is 16.0 Å². The third kappa shape index (κ3) is 3.99. The number of aromatic nitrogens is 1. The van der Waals surface area contributed by atoms with Crippen molar-refractivity contribution >= 4 is 40.6 Å². The van der Waals surface area contributed by atoms with E-state index in [9.17, 15) is 14.9 Å². The number of rotatable bonds is 5. The molecule has 2 aromatic rings. The number of nitrogens with zero attached hydrogens (tertiary/aromatic N) is 2. The Morgan fingerprint density at radius 3 is 2.77 bits per heavy atom. The van der Waals surface area contributed by atoms with Crippen molar-refractivity contribution in [1.82, 2.24) is 4.98 Å². The Kier molecular flexibility index (Phi) is 5.04. The lowest BCUT2D eigenvalue weighted by atomic mass is 10.3. The number of oxazole rings is 1. The maximum atomic E-state index is 11.9. The highest BCUT2D eigenvalue weighted by atomic mass is 35.5. The van der Waals surface area contributed by atoms with Crippen LogP contribution in [0.4, 0.5) is 11.4 Å². The highest BCUT2D eigenvalue weighted by molar-refractivity contribution is 7.99. The van der Waals surface area contributed by atoms with Crippen LogP contribution in [0.2, 0.25) is 5.02 Å². The SMILES string of the molecule is Cc1nc(SCC(=O)Nc2ccc([N+](=O)[O-])cc2Cl)oc1C. The zero-order valence-corrected chi connectivity index (χ0v) is 13.3. The van der Waals surface area contributed by atoms with Crippen LogP contribution in [-0.2, 0) is 4.79 Å². The molecule has 0 saturated heterocycles. The van der Waals surface area contributed by atoms with Gasteiger partial charge in [-0.2, -0.15) is 0 Å². The Balaban J connectivity index is 1.96. The number of nitro benzene ring substituents is 1. The molecule has 0 fully saturated rings. The van der Waals surface area contributed by atoms with Crippen LogP contribution in [0.1, 0.15) is 11.5 Å². The number of halogens is 1. The normalized spacial score (nSPS) is 10.5. The molecule has 0 radical (unpaired) electrons. The van der Waals surface area contributed by atoms with Crippen LogP contribution in [0.15, 0.2) is 27.8 Å². The second-order valence-electron chi connectivity index (χ2n) is 4.38. The fourth-order valence-electron chi connectivity index (χ4n) is 1.54. The summed E-state index contributed by atoms with van der Waals surface area (Å²) < 4.78 is 5.35. The average molecular weight is 342 g/mol. The van der Waals surface area contributed by atoms with Gasteiger partial charge in [-0.3, -0.25) is 14.9 Å². The van der Waals surface area contributed by atoms with Crippen LogP contribution in [0.5, 0.6) is 0 Å². The molecule has 0 atom stereocenters. The van der Waals surface area contributed by atoms with Crippen molar-refractivity contribution < 1.29 is 14.1 Å². The topological polar surface area (TPSA) is 98.3 Å². The fraction of sp³-hybridized carbons (Fsp3) is 0.231. The summed E-state index contributed by atoms with van der Waals surface area (Å²) in [6, 6.07) is 3.85. The summed E-state index contributed by atoms with van der Waals surface area (Å²) in [6.07, 6.45) is 0. The molecule has 0 bridgehead atoms. The van der Waals surface area contributed by atoms with Crippen LogP contribution >= 0.6 is 23.4 Å². The van der Waals surface area contributed by atoms with Crippen LogP contribution in [0.25, 0.3) is 0 Å². The van der Waals surface area contributed by atoms with Gasteiger partial charge in [-0.25, -0.2) is 4.98 Å². The van der Waals surface area contributed by atoms with Crippen molar-refractivity contribution in [2.24, 2.45) is 0 Å². The Morgan fingerprint density at radius 1 is 1.50 bits per heavy atom. The number of aryl methyl sites for hydroxylation is 2. The summed E-state index contributed by atoms with van der Waals surface area (Å²) >= 11 is 7.06. The Bertz CT molecular complexity index is 713. The molecule has 7 nitrogen and oxygen atoms in total. The first-order chi connectivity index (χ1) is 10.4. The molecule has 1 aromatic carbocycles. The maximum Gasteiger partial charge on any atom is 0.271 e. The van der Waals surface area contributed by atoms with E-state index < -0.39 is 4.92 Å². The summed E-state index contributed by atoms with van der Waals surface area (Å²) in [5.41, 5.74) is 0.960. The van der Waals surface area contributed by atoms with Crippen LogP contribution in [0.3, 0.4) is 0 Å². The molecule has 0 aliphatic rings. The largest absolute Gasteiger partial charge is 0.437 e. The summed E-state index contributed by atoms with van der Waals surface area (Å²) in [6.45, 7) is 3.61. The molecule has 2 rings (SSSR count). The molecule has 1 aromatic heterocycles. The van der Waals surface area contributed by atoms with Crippen LogP contribution < -0.4 is 5.32 Å². The molecule has 116 valence electrons. The molecule has 1 heterocycles. The predicted octanol–water partition coefficient (Wildman–Crippen LogP) is 3.58. The molecule has 0 aliphatic carbocycles. The number of non-ortho nitro benzene ring substituents is 1. The van der Waals surface area contributed by atoms with E-state index in [-0.39, 0.29) is 22.4 Å². The molecule has 0 saturated carbocycles. The van der Waals surface area contributed by atoms with E-state index in [1.165, 1.54) is 18.2 Å². The van der Waals surface area contributed by atoms with Gasteiger partial charge in [0.05, 0.1) is 27.1 Å². The summed E-state index contributed by atoms with van der Waals surface area (Å²) in [5.74, 6) is 0.489. The third-order valence-electron chi connectivity index (χ3n) is 2.77. The Hall–Kier alpha value is -2.06. The first kappa shape index (κ1) is 16.3. The van der Waals surface area contributed by atoms with Crippen molar-refractivity contribution in [2.45, 2.75) is 19.1 Å². The highest BCUT2D eigenvalue weighted by Gasteiger charge is 2.13. The van der Waals surface area contributed by atoms with E-state index >= 15 is 0 Å². The second kappa shape index (κ2) is 6.80. The number of thioether (sulfide) groups is 1. The van der Waals surface area contributed by atoms with E-state index in [1.807, 2.05) is 6.92 Å². The van der Waals surface area contributed by atoms with Gasteiger partial charge in [-0.1, -0.05) is 23.4 Å². The lowest BCUT2D eigenvalue weighted by Gasteiger charge is -2.06. The zero-order valence-electron chi connectivity index (χ0n) is 11.8. The number of hydrogen-bond donors (Lipinski definition) is 1. The number of hydrogen-bond acceptors (Lipinski definition) is 6. The summed E-state index contributed by atoms with van der Waals surface area (Å²) in [5, 5.41) is 13.7. The maximum absolute atomic E-state index is 11.9. The molecule has 9 heteroatoms. The molecule has 22 heavy (non-hydrogen) atoms. The first-order valence-electron chi connectivity index (χ1n) is 6.17. The molecule has 1 amide bonds.